The van der Waals surface area contributed by atoms with Gasteiger partial charge in [-0.2, -0.15) is 0 Å². The number of hydrogen-bond acceptors (Lipinski definition) is 14. The first-order chi connectivity index (χ1) is 32.5. The van der Waals surface area contributed by atoms with Gasteiger partial charge in [-0.25, -0.2) is 4.79 Å². The molecule has 3 aromatic carbocycles. The molecule has 2 saturated carbocycles. The monoisotopic (exact) mass is 930 g/mol. The van der Waals surface area contributed by atoms with Crippen molar-refractivity contribution in [2.45, 2.75) is 68.3 Å². The molecule has 1 aromatic heterocycles. The number of aldehydes is 1. The topological polar surface area (TPSA) is 301 Å². The van der Waals surface area contributed by atoms with Crippen LogP contribution in [0.3, 0.4) is 0 Å². The third kappa shape index (κ3) is 6.76. The van der Waals surface area contributed by atoms with Crippen LogP contribution in [0.1, 0.15) is 48.8 Å². The van der Waals surface area contributed by atoms with Crippen molar-refractivity contribution in [1.82, 2.24) is 5.32 Å². The number of nitrogens with two attached hydrogens (primary N) is 2. The Morgan fingerprint density at radius 2 is 1.78 bits per heavy atom. The number of hydrogen-bond donors (Lipinski definition) is 10. The van der Waals surface area contributed by atoms with Gasteiger partial charge in [-0.05, 0) is 108 Å². The third-order valence-corrected chi connectivity index (χ3v) is 15.9. The highest BCUT2D eigenvalue weighted by molar-refractivity contribution is 5.96. The summed E-state index contributed by atoms with van der Waals surface area (Å²) in [6.45, 7) is 1.41. The number of rotatable bonds is 10. The Balaban J connectivity index is 1.09. The average Bonchev–Trinajstić information content (AvgIpc) is 3.32. The number of benzene rings is 3. The minimum absolute atomic E-state index is 0.0261. The van der Waals surface area contributed by atoms with Crippen LogP contribution in [0, 0.1) is 46.8 Å². The molecule has 15 atom stereocenters. The number of carboxylic acids is 1. The average molecular weight is 931 g/mol. The maximum atomic E-state index is 14.4. The molecule has 12 N–H and O–H groups in total. The molecule has 4 bridgehead atoms. The van der Waals surface area contributed by atoms with Crippen molar-refractivity contribution in [3.63, 3.8) is 0 Å². The van der Waals surface area contributed by atoms with Crippen LogP contribution in [0.5, 0.6) is 23.0 Å². The summed E-state index contributed by atoms with van der Waals surface area (Å²) in [6, 6.07) is 14.7. The van der Waals surface area contributed by atoms with Gasteiger partial charge >= 0.3 is 5.97 Å². The quantitative estimate of drug-likeness (QED) is 0.0357. The van der Waals surface area contributed by atoms with Crippen LogP contribution in [0.2, 0.25) is 0 Å². The van der Waals surface area contributed by atoms with Crippen molar-refractivity contribution in [3.05, 3.63) is 106 Å². The number of aliphatic carboxylic acids is 1. The Labute approximate surface area is 389 Å². The van der Waals surface area contributed by atoms with Crippen LogP contribution >= 0.6 is 0 Å². The summed E-state index contributed by atoms with van der Waals surface area (Å²) in [5, 5.41) is 80.0. The van der Waals surface area contributed by atoms with E-state index in [1.807, 2.05) is 25.2 Å². The van der Waals surface area contributed by atoms with E-state index >= 15 is 0 Å². The van der Waals surface area contributed by atoms with Crippen molar-refractivity contribution in [3.8, 4) is 34.3 Å². The maximum Gasteiger partial charge on any atom is 0.335 e. The number of nitrogens with one attached hydrogen (secondary N) is 1. The predicted molar refractivity (Wildman–Crippen MR) is 248 cm³/mol. The van der Waals surface area contributed by atoms with Crippen molar-refractivity contribution in [2.75, 3.05) is 13.6 Å². The van der Waals surface area contributed by atoms with Crippen molar-refractivity contribution >= 4 is 40.8 Å². The molecule has 1 aliphatic heterocycles. The van der Waals surface area contributed by atoms with Gasteiger partial charge in [0, 0.05) is 29.7 Å². The second kappa shape index (κ2) is 16.6. The summed E-state index contributed by atoms with van der Waals surface area (Å²) in [6.07, 6.45) is 6.60. The molecule has 2 heterocycles. The SMILES string of the molecule is CN[C@@H]1[C@@H]2C=C[C@H]3[C@H](C[C@@H]4c5ccccc5C=C(c5cc(O)ccc5-c5cc(=O)c6c(O)c(O)c(O[C@@H]7O[C@H](C(=O)O)[C@@H](O)[C@@](O)(CN=C(N)N)[C@H]7O)cc6o5)[C@@H]4[C@@]13C=O)[C@H]2[C@@H]1C=CC[C@@H](C)C1. The number of allylic oxidation sites excluding steroid dienone is 4. The highest BCUT2D eigenvalue weighted by Crippen LogP contribution is 2.70. The Kier molecular flexibility index (Phi) is 11.1. The summed E-state index contributed by atoms with van der Waals surface area (Å²) in [4.78, 5) is 44.2. The molecule has 17 heteroatoms. The van der Waals surface area contributed by atoms with E-state index in [9.17, 15) is 50.1 Å². The fourth-order valence-corrected chi connectivity index (χ4v) is 13.2. The number of carbonyl (C=O) groups is 2. The number of fused-ring (bicyclic) bond motifs is 4. The number of aliphatic hydroxyl groups is 3. The number of guanidine groups is 1. The first-order valence-electron chi connectivity index (χ1n) is 22.9. The van der Waals surface area contributed by atoms with Gasteiger partial charge in [-0.15, -0.1) is 0 Å². The van der Waals surface area contributed by atoms with E-state index in [1.54, 1.807) is 12.1 Å². The molecule has 0 unspecified atom stereocenters. The molecule has 11 rings (SSSR count). The molecular formula is C51H54N4O13. The second-order valence-electron chi connectivity index (χ2n) is 19.5. The number of carboxylic acid groups (broad SMARTS) is 1. The van der Waals surface area contributed by atoms with Crippen LogP contribution in [0.4, 0.5) is 0 Å². The molecule has 356 valence electrons. The zero-order chi connectivity index (χ0) is 48.1. The van der Waals surface area contributed by atoms with Gasteiger partial charge in [0.2, 0.25) is 12.0 Å². The molecule has 7 aliphatic rings. The lowest BCUT2D eigenvalue weighted by Crippen LogP contribution is -2.70. The van der Waals surface area contributed by atoms with Crippen molar-refractivity contribution in [1.29, 1.82) is 0 Å². The predicted octanol–water partition coefficient (Wildman–Crippen LogP) is 3.57. The molecule has 1 saturated heterocycles. The highest BCUT2D eigenvalue weighted by atomic mass is 16.7. The Bertz CT molecular complexity index is 2910. The Hall–Kier alpha value is -6.50. The molecule has 68 heavy (non-hydrogen) atoms. The standard InChI is InChI=1S/C51H54N4O13/c1-22-6-5-8-24(14-22)38-28-12-13-33-32(38)17-31-26-9-4-3-7-23(26)15-30(40(31)50(33,21-56)44(28)54-2)29-16-25(57)10-11-27(29)35-18-34(58)39-36(66-35)19-37(41(59)42(39)60)67-48-46(62)51(65,20-55-49(52)53)45(61)43(68-48)47(63)64/h3-5,7-13,15-16,18-19,21-22,24,28,31-33,38,40,43-46,48,54,57,59-62,65H,6,14,17,20H2,1-2H3,(H,63,64)(H4,52,53,55)/t22-,24-,28-,31-,32+,33+,38+,40+,43+,44-,45-,46+,48-,50+,51+/m1/s1. The van der Waals surface area contributed by atoms with Gasteiger partial charge in [-0.1, -0.05) is 61.6 Å². The molecular weight excluding hydrogens is 877 g/mol. The van der Waals surface area contributed by atoms with E-state index < -0.39 is 88.1 Å². The summed E-state index contributed by atoms with van der Waals surface area (Å²) in [7, 11) is 1.93. The van der Waals surface area contributed by atoms with Gasteiger partial charge in [0.25, 0.3) is 0 Å². The third-order valence-electron chi connectivity index (χ3n) is 15.9. The van der Waals surface area contributed by atoms with Crippen LogP contribution < -0.4 is 26.9 Å². The van der Waals surface area contributed by atoms with Crippen molar-refractivity contribution < 1.29 is 59.2 Å². The van der Waals surface area contributed by atoms with E-state index in [0.29, 0.717) is 28.9 Å². The zero-order valence-corrected chi connectivity index (χ0v) is 37.2. The molecule has 0 spiro atoms. The number of phenolic OH excluding ortho intramolecular Hbond substituents is 3. The molecule has 4 aromatic rings. The van der Waals surface area contributed by atoms with Gasteiger partial charge in [-0.3, -0.25) is 9.79 Å². The minimum Gasteiger partial charge on any atom is -0.508 e. The number of phenols is 3. The number of ether oxygens (including phenoxy) is 2. The van der Waals surface area contributed by atoms with E-state index in [-0.39, 0.29) is 46.8 Å². The van der Waals surface area contributed by atoms with Crippen LogP contribution in [0.15, 0.2) is 93.1 Å². The largest absolute Gasteiger partial charge is 0.508 e. The molecule has 0 radical (unpaired) electrons. The lowest BCUT2D eigenvalue weighted by Gasteiger charge is -2.67. The lowest BCUT2D eigenvalue weighted by atomic mass is 9.36. The summed E-state index contributed by atoms with van der Waals surface area (Å²) < 4.78 is 17.5. The zero-order valence-electron chi connectivity index (χ0n) is 37.2. The van der Waals surface area contributed by atoms with E-state index in [2.05, 4.69) is 53.7 Å². The molecule has 17 nitrogen and oxygen atoms in total. The van der Waals surface area contributed by atoms with Crippen LogP contribution in [-0.2, 0) is 14.3 Å². The number of aromatic hydroxyl groups is 3. The highest BCUT2D eigenvalue weighted by Gasteiger charge is 2.69. The smallest absolute Gasteiger partial charge is 0.335 e. The van der Waals surface area contributed by atoms with Crippen LogP contribution in [-0.4, -0.2) is 104 Å². The second-order valence-corrected chi connectivity index (χ2v) is 19.5. The fourth-order valence-electron chi connectivity index (χ4n) is 13.2. The minimum atomic E-state index is -2.76. The number of carbonyl (C=O) groups excluding carboxylic acids is 1. The first kappa shape index (κ1) is 45.3. The maximum absolute atomic E-state index is 14.4. The number of nitrogens with zero attached hydrogens (tertiary/aromatic N) is 1. The Morgan fingerprint density at radius 1 is 1.00 bits per heavy atom. The Morgan fingerprint density at radius 3 is 2.50 bits per heavy atom. The van der Waals surface area contributed by atoms with Gasteiger partial charge in [0.15, 0.2) is 29.0 Å². The summed E-state index contributed by atoms with van der Waals surface area (Å²) >= 11 is 0. The molecule has 0 amide bonds. The normalized spacial score (nSPS) is 35.5. The number of aliphatic imine (C=N–C) groups is 1. The molecule has 3 fully saturated rings. The fraction of sp³-hybridized carbons (Fsp3) is 0.412. The van der Waals surface area contributed by atoms with Gasteiger partial charge in [0.1, 0.15) is 46.6 Å². The van der Waals surface area contributed by atoms with Gasteiger partial charge < -0.3 is 71.2 Å². The van der Waals surface area contributed by atoms with Crippen molar-refractivity contribution in [2.24, 2.45) is 63.3 Å². The van der Waals surface area contributed by atoms with Crippen LogP contribution in [0.25, 0.3) is 33.9 Å². The first-order valence-corrected chi connectivity index (χ1v) is 22.9. The number of aliphatic hydroxyl groups excluding tert-OH is 2. The van der Waals surface area contributed by atoms with Gasteiger partial charge in [0.05, 0.1) is 12.0 Å². The van der Waals surface area contributed by atoms with E-state index in [1.165, 1.54) is 12.4 Å². The summed E-state index contributed by atoms with van der Waals surface area (Å²) in [5.74, 6) is -4.22. The lowest BCUT2D eigenvalue weighted by molar-refractivity contribution is -0.303. The molecule has 6 aliphatic carbocycles. The van der Waals surface area contributed by atoms with E-state index in [4.69, 9.17) is 25.4 Å². The van der Waals surface area contributed by atoms with E-state index in [0.717, 1.165) is 48.1 Å². The summed E-state index contributed by atoms with van der Waals surface area (Å²) in [5.41, 5.74) is 9.70.